The maximum Gasteiger partial charge on any atom is 0.221 e. The van der Waals surface area contributed by atoms with Crippen LogP contribution in [-0.4, -0.2) is 26.1 Å². The van der Waals surface area contributed by atoms with Crippen molar-refractivity contribution in [1.29, 1.82) is 0 Å². The summed E-state index contributed by atoms with van der Waals surface area (Å²) in [7, 11) is 1.83. The van der Waals surface area contributed by atoms with Crippen LogP contribution in [0.15, 0.2) is 24.3 Å². The third-order valence-electron chi connectivity index (χ3n) is 2.33. The minimum atomic E-state index is 0. The van der Waals surface area contributed by atoms with Crippen LogP contribution in [0.25, 0.3) is 0 Å². The number of benzene rings is 1. The summed E-state index contributed by atoms with van der Waals surface area (Å²) in [6, 6.07) is 7.75. The van der Waals surface area contributed by atoms with Crippen molar-refractivity contribution >= 4 is 18.3 Å². The van der Waals surface area contributed by atoms with Gasteiger partial charge in [0.25, 0.3) is 0 Å². The van der Waals surface area contributed by atoms with Crippen molar-refractivity contribution in [2.75, 3.05) is 20.2 Å². The van der Waals surface area contributed by atoms with Gasteiger partial charge < -0.3 is 15.4 Å². The molecule has 0 fully saturated rings. The van der Waals surface area contributed by atoms with Gasteiger partial charge in [-0.05, 0) is 31.7 Å². The Hall–Kier alpha value is -1.26. The highest BCUT2D eigenvalue weighted by atomic mass is 35.5. The largest absolute Gasteiger partial charge is 0.494 e. The lowest BCUT2D eigenvalue weighted by Gasteiger charge is -2.07. The summed E-state index contributed by atoms with van der Waals surface area (Å²) in [6.45, 7) is 3.89. The fraction of sp³-hybridized carbons (Fsp3) is 0.462. The van der Waals surface area contributed by atoms with Gasteiger partial charge in [-0.25, -0.2) is 0 Å². The predicted molar refractivity (Wildman–Crippen MR) is 75.2 cm³/mol. The minimum absolute atomic E-state index is 0. The van der Waals surface area contributed by atoms with E-state index in [1.54, 1.807) is 0 Å². The highest BCUT2D eigenvalue weighted by Crippen LogP contribution is 2.11. The summed E-state index contributed by atoms with van der Waals surface area (Å²) >= 11 is 0. The molecule has 1 rings (SSSR count). The monoisotopic (exact) mass is 272 g/mol. The Labute approximate surface area is 115 Å². The van der Waals surface area contributed by atoms with E-state index in [1.165, 1.54) is 0 Å². The number of hydrogen-bond acceptors (Lipinski definition) is 3. The van der Waals surface area contributed by atoms with Crippen molar-refractivity contribution < 1.29 is 9.53 Å². The van der Waals surface area contributed by atoms with Gasteiger partial charge in [-0.2, -0.15) is 0 Å². The average Bonchev–Trinajstić information content (AvgIpc) is 2.36. The number of nitrogens with one attached hydrogen (secondary N) is 2. The number of rotatable bonds is 7. The van der Waals surface area contributed by atoms with Crippen molar-refractivity contribution in [2.45, 2.75) is 19.9 Å². The van der Waals surface area contributed by atoms with Crippen LogP contribution < -0.4 is 15.4 Å². The first-order chi connectivity index (χ1) is 8.26. The van der Waals surface area contributed by atoms with Crippen LogP contribution in [0, 0.1) is 0 Å². The van der Waals surface area contributed by atoms with Gasteiger partial charge in [0.05, 0.1) is 6.61 Å². The number of halogens is 1. The van der Waals surface area contributed by atoms with E-state index in [1.807, 2.05) is 38.2 Å². The molecule has 1 aromatic carbocycles. The van der Waals surface area contributed by atoms with Gasteiger partial charge >= 0.3 is 0 Å². The molecule has 0 aliphatic carbocycles. The second kappa shape index (κ2) is 9.74. The lowest BCUT2D eigenvalue weighted by Crippen LogP contribution is -2.26. The molecule has 1 aromatic rings. The second-order valence-corrected chi connectivity index (χ2v) is 3.71. The average molecular weight is 273 g/mol. The topological polar surface area (TPSA) is 50.4 Å². The van der Waals surface area contributed by atoms with E-state index in [-0.39, 0.29) is 18.3 Å². The quantitative estimate of drug-likeness (QED) is 0.795. The van der Waals surface area contributed by atoms with Crippen LogP contribution in [0.4, 0.5) is 0 Å². The third-order valence-corrected chi connectivity index (χ3v) is 2.33. The summed E-state index contributed by atoms with van der Waals surface area (Å²) in [6.07, 6.45) is 0.507. The zero-order valence-electron chi connectivity index (χ0n) is 10.9. The van der Waals surface area contributed by atoms with E-state index in [9.17, 15) is 4.79 Å². The van der Waals surface area contributed by atoms with Gasteiger partial charge in [-0.1, -0.05) is 12.1 Å². The lowest BCUT2D eigenvalue weighted by atomic mass is 10.2. The Morgan fingerprint density at radius 3 is 2.50 bits per heavy atom. The first-order valence-corrected chi connectivity index (χ1v) is 5.89. The Kier molecular flexibility index (Phi) is 9.06. The maximum absolute atomic E-state index is 11.4. The van der Waals surface area contributed by atoms with Crippen molar-refractivity contribution in [3.05, 3.63) is 29.8 Å². The zero-order chi connectivity index (χ0) is 12.5. The second-order valence-electron chi connectivity index (χ2n) is 3.71. The van der Waals surface area contributed by atoms with E-state index in [2.05, 4.69) is 10.6 Å². The first kappa shape index (κ1) is 16.7. The molecule has 0 atom stereocenters. The molecule has 18 heavy (non-hydrogen) atoms. The molecule has 2 N–H and O–H groups in total. The Balaban J connectivity index is 0.00000289. The third kappa shape index (κ3) is 6.47. The van der Waals surface area contributed by atoms with Crippen LogP contribution in [0.2, 0.25) is 0 Å². The number of ether oxygens (including phenoxy) is 1. The van der Waals surface area contributed by atoms with E-state index in [0.29, 0.717) is 26.1 Å². The highest BCUT2D eigenvalue weighted by molar-refractivity contribution is 5.85. The van der Waals surface area contributed by atoms with Crippen LogP contribution in [0.3, 0.4) is 0 Å². The summed E-state index contributed by atoms with van der Waals surface area (Å²) in [5.74, 6) is 0.922. The molecule has 0 spiro atoms. The smallest absolute Gasteiger partial charge is 0.221 e. The molecule has 102 valence electrons. The van der Waals surface area contributed by atoms with Crippen molar-refractivity contribution in [2.24, 2.45) is 0 Å². The molecular weight excluding hydrogens is 252 g/mol. The van der Waals surface area contributed by atoms with E-state index < -0.39 is 0 Å². The van der Waals surface area contributed by atoms with Crippen LogP contribution in [0.1, 0.15) is 18.9 Å². The molecule has 1 amide bonds. The number of carbonyl (C=O) groups excluding carboxylic acids is 1. The van der Waals surface area contributed by atoms with E-state index in [4.69, 9.17) is 4.74 Å². The highest BCUT2D eigenvalue weighted by Gasteiger charge is 2.00. The van der Waals surface area contributed by atoms with Gasteiger partial charge in [0.1, 0.15) is 5.75 Å². The first-order valence-electron chi connectivity index (χ1n) is 5.89. The fourth-order valence-electron chi connectivity index (χ4n) is 1.40. The molecule has 0 unspecified atom stereocenters. The summed E-state index contributed by atoms with van der Waals surface area (Å²) in [5.41, 5.74) is 1.08. The van der Waals surface area contributed by atoms with Crippen LogP contribution in [0.5, 0.6) is 5.75 Å². The van der Waals surface area contributed by atoms with E-state index >= 15 is 0 Å². The number of hydrogen-bond donors (Lipinski definition) is 2. The predicted octanol–water partition coefficient (Wildman–Crippen LogP) is 1.73. The van der Waals surface area contributed by atoms with Crippen molar-refractivity contribution in [3.63, 3.8) is 0 Å². The maximum atomic E-state index is 11.4. The summed E-state index contributed by atoms with van der Waals surface area (Å²) in [5, 5.41) is 5.81. The molecular formula is C13H21ClN2O2. The molecule has 4 nitrogen and oxygen atoms in total. The summed E-state index contributed by atoms with van der Waals surface area (Å²) in [4.78, 5) is 11.4. The van der Waals surface area contributed by atoms with Gasteiger partial charge in [-0.3, -0.25) is 4.79 Å². The molecule has 0 bridgehead atoms. The molecule has 0 saturated heterocycles. The molecule has 0 aliphatic heterocycles. The van der Waals surface area contributed by atoms with Crippen molar-refractivity contribution in [3.8, 4) is 5.75 Å². The summed E-state index contributed by atoms with van der Waals surface area (Å²) < 4.78 is 5.34. The molecule has 5 heteroatoms. The van der Waals surface area contributed by atoms with E-state index in [0.717, 1.165) is 11.3 Å². The standard InChI is InChI=1S/C13H20N2O2.ClH/c1-3-17-12-6-4-11(5-7-12)10-15-13(16)8-9-14-2;/h4-7,14H,3,8-10H2,1-2H3,(H,15,16);1H. The Morgan fingerprint density at radius 1 is 1.28 bits per heavy atom. The van der Waals surface area contributed by atoms with Crippen LogP contribution >= 0.6 is 12.4 Å². The molecule has 0 saturated carbocycles. The number of amides is 1. The van der Waals surface area contributed by atoms with Gasteiger partial charge in [0.15, 0.2) is 0 Å². The minimum Gasteiger partial charge on any atom is -0.494 e. The Bertz CT molecular complexity index is 341. The van der Waals surface area contributed by atoms with Gasteiger partial charge in [0.2, 0.25) is 5.91 Å². The number of carbonyl (C=O) groups is 1. The lowest BCUT2D eigenvalue weighted by molar-refractivity contribution is -0.121. The fourth-order valence-corrected chi connectivity index (χ4v) is 1.40. The molecule has 0 heterocycles. The molecule has 0 aliphatic rings. The molecule has 0 aromatic heterocycles. The van der Waals surface area contributed by atoms with Gasteiger partial charge in [0, 0.05) is 19.5 Å². The molecule has 0 radical (unpaired) electrons. The van der Waals surface area contributed by atoms with Gasteiger partial charge in [-0.15, -0.1) is 12.4 Å². The SMILES string of the molecule is CCOc1ccc(CNC(=O)CCNC)cc1.Cl. The zero-order valence-corrected chi connectivity index (χ0v) is 11.7. The van der Waals surface area contributed by atoms with Crippen molar-refractivity contribution in [1.82, 2.24) is 10.6 Å². The Morgan fingerprint density at radius 2 is 1.94 bits per heavy atom. The van der Waals surface area contributed by atoms with Crippen LogP contribution in [-0.2, 0) is 11.3 Å². The normalized spacial score (nSPS) is 9.44.